The van der Waals surface area contributed by atoms with E-state index in [9.17, 15) is 22.8 Å². The lowest BCUT2D eigenvalue weighted by atomic mass is 10.4. The average Bonchev–Trinajstić information content (AvgIpc) is 2.08. The second kappa shape index (κ2) is 5.84. The Kier molecular flexibility index (Phi) is 5.48. The first-order valence-corrected chi connectivity index (χ1v) is 4.95. The Bertz CT molecular complexity index is 244. The fraction of sp³-hybridized carbons (Fsp3) is 0.714. The highest BCUT2D eigenvalue weighted by molar-refractivity contribution is 8.00. The van der Waals surface area contributed by atoms with Crippen molar-refractivity contribution in [1.29, 1.82) is 0 Å². The molecule has 8 heteroatoms. The van der Waals surface area contributed by atoms with Crippen molar-refractivity contribution in [3.05, 3.63) is 0 Å². The third-order valence-corrected chi connectivity index (χ3v) is 2.14. The molecule has 0 rings (SSSR count). The van der Waals surface area contributed by atoms with Crippen LogP contribution in [0.2, 0.25) is 0 Å². The average molecular weight is 245 g/mol. The monoisotopic (exact) mass is 245 g/mol. The number of carboxylic acid groups (broad SMARTS) is 1. The maximum atomic E-state index is 11.7. The van der Waals surface area contributed by atoms with Gasteiger partial charge in [0.1, 0.15) is 6.54 Å². The minimum Gasteiger partial charge on any atom is -0.480 e. The van der Waals surface area contributed by atoms with Gasteiger partial charge in [-0.3, -0.25) is 9.59 Å². The molecular weight excluding hydrogens is 235 g/mol. The van der Waals surface area contributed by atoms with E-state index < -0.39 is 41.4 Å². The van der Waals surface area contributed by atoms with E-state index in [4.69, 9.17) is 5.11 Å². The lowest BCUT2D eigenvalue weighted by molar-refractivity contribution is -0.143. The molecule has 0 aliphatic carbocycles. The van der Waals surface area contributed by atoms with Gasteiger partial charge in [0.2, 0.25) is 5.91 Å². The normalized spacial score (nSPS) is 11.2. The first-order chi connectivity index (χ1) is 6.76. The van der Waals surface area contributed by atoms with E-state index in [-0.39, 0.29) is 6.54 Å². The largest absolute Gasteiger partial charge is 0.480 e. The lowest BCUT2D eigenvalue weighted by Crippen LogP contribution is -2.37. The molecule has 0 bridgehead atoms. The standard InChI is InChI=1S/C7H10F3NO3S/c1-2-11(3-6(13)14)5(12)4-15-7(8,9)10/h2-4H2,1H3,(H,13,14). The molecule has 0 atom stereocenters. The number of alkyl halides is 3. The summed E-state index contributed by atoms with van der Waals surface area (Å²) in [5.41, 5.74) is -4.47. The van der Waals surface area contributed by atoms with Crippen LogP contribution in [0.3, 0.4) is 0 Å². The Morgan fingerprint density at radius 3 is 2.27 bits per heavy atom. The molecule has 0 saturated heterocycles. The summed E-state index contributed by atoms with van der Waals surface area (Å²) in [4.78, 5) is 22.2. The van der Waals surface area contributed by atoms with Gasteiger partial charge >= 0.3 is 11.5 Å². The van der Waals surface area contributed by atoms with E-state index in [1.165, 1.54) is 6.92 Å². The maximum Gasteiger partial charge on any atom is 0.442 e. The first-order valence-electron chi connectivity index (χ1n) is 3.96. The topological polar surface area (TPSA) is 57.6 Å². The molecule has 0 unspecified atom stereocenters. The van der Waals surface area contributed by atoms with Crippen LogP contribution in [0.4, 0.5) is 13.2 Å². The number of hydrogen-bond donors (Lipinski definition) is 1. The number of nitrogens with zero attached hydrogens (tertiary/aromatic N) is 1. The molecule has 0 fully saturated rings. The zero-order chi connectivity index (χ0) is 12.1. The van der Waals surface area contributed by atoms with Crippen LogP contribution in [-0.2, 0) is 9.59 Å². The number of thioether (sulfide) groups is 1. The molecule has 1 amide bonds. The van der Waals surface area contributed by atoms with Gasteiger partial charge in [-0.15, -0.1) is 0 Å². The van der Waals surface area contributed by atoms with Crippen molar-refractivity contribution in [2.75, 3.05) is 18.8 Å². The highest BCUT2D eigenvalue weighted by atomic mass is 32.2. The van der Waals surface area contributed by atoms with Crippen molar-refractivity contribution in [1.82, 2.24) is 4.90 Å². The van der Waals surface area contributed by atoms with Crippen molar-refractivity contribution in [3.8, 4) is 0 Å². The van der Waals surface area contributed by atoms with E-state index >= 15 is 0 Å². The predicted octanol–water partition coefficient (Wildman–Crippen LogP) is 1.17. The number of aliphatic carboxylic acids is 1. The second-order valence-electron chi connectivity index (χ2n) is 2.54. The summed E-state index contributed by atoms with van der Waals surface area (Å²) < 4.78 is 35.2. The molecule has 0 heterocycles. The summed E-state index contributed by atoms with van der Waals surface area (Å²) in [5, 5.41) is 8.37. The summed E-state index contributed by atoms with van der Waals surface area (Å²) in [6.45, 7) is 0.996. The summed E-state index contributed by atoms with van der Waals surface area (Å²) in [5.74, 6) is -2.87. The van der Waals surface area contributed by atoms with Crippen LogP contribution in [0.25, 0.3) is 0 Å². The molecule has 0 aliphatic heterocycles. The van der Waals surface area contributed by atoms with E-state index in [1.54, 1.807) is 0 Å². The minimum absolute atomic E-state index is 0.0730. The number of carbonyl (C=O) groups excluding carboxylic acids is 1. The molecule has 15 heavy (non-hydrogen) atoms. The van der Waals surface area contributed by atoms with Crippen molar-refractivity contribution in [2.24, 2.45) is 0 Å². The molecule has 0 spiro atoms. The van der Waals surface area contributed by atoms with E-state index in [0.717, 1.165) is 4.90 Å². The molecule has 0 aromatic rings. The summed E-state index contributed by atoms with van der Waals surface area (Å²) in [7, 11) is 0. The number of carbonyl (C=O) groups is 2. The Morgan fingerprint density at radius 2 is 1.93 bits per heavy atom. The number of halogens is 3. The Morgan fingerprint density at radius 1 is 1.40 bits per heavy atom. The quantitative estimate of drug-likeness (QED) is 0.790. The Labute approximate surface area is 88.4 Å². The fourth-order valence-electron chi connectivity index (χ4n) is 0.774. The molecule has 0 aromatic heterocycles. The van der Waals surface area contributed by atoms with Crippen LogP contribution in [0.5, 0.6) is 0 Å². The zero-order valence-electron chi connectivity index (χ0n) is 7.87. The third kappa shape index (κ3) is 7.06. The van der Waals surface area contributed by atoms with Gasteiger partial charge < -0.3 is 10.0 Å². The number of likely N-dealkylation sites (N-methyl/N-ethyl adjacent to an activating group) is 1. The van der Waals surface area contributed by atoms with E-state index in [2.05, 4.69) is 0 Å². The van der Waals surface area contributed by atoms with Gasteiger partial charge in [-0.2, -0.15) is 13.2 Å². The first kappa shape index (κ1) is 14.1. The van der Waals surface area contributed by atoms with Crippen molar-refractivity contribution in [3.63, 3.8) is 0 Å². The highest BCUT2D eigenvalue weighted by Crippen LogP contribution is 2.30. The van der Waals surface area contributed by atoms with Gasteiger partial charge in [-0.1, -0.05) is 0 Å². The van der Waals surface area contributed by atoms with Crippen LogP contribution < -0.4 is 0 Å². The number of amides is 1. The lowest BCUT2D eigenvalue weighted by Gasteiger charge is -2.18. The van der Waals surface area contributed by atoms with E-state index in [1.807, 2.05) is 0 Å². The molecule has 1 N–H and O–H groups in total. The molecule has 88 valence electrons. The molecule has 0 aliphatic rings. The molecule has 4 nitrogen and oxygen atoms in total. The Balaban J connectivity index is 4.11. The molecular formula is C7H10F3NO3S. The minimum atomic E-state index is -4.47. The van der Waals surface area contributed by atoms with Gasteiger partial charge in [0.05, 0.1) is 5.75 Å². The highest BCUT2D eigenvalue weighted by Gasteiger charge is 2.30. The Hall–Kier alpha value is -0.920. The second-order valence-corrected chi connectivity index (χ2v) is 3.58. The molecule has 0 aromatic carbocycles. The summed E-state index contributed by atoms with van der Waals surface area (Å²) in [6.07, 6.45) is 0. The third-order valence-electron chi connectivity index (χ3n) is 1.42. The van der Waals surface area contributed by atoms with Crippen molar-refractivity contribution in [2.45, 2.75) is 12.4 Å². The zero-order valence-corrected chi connectivity index (χ0v) is 8.69. The van der Waals surface area contributed by atoms with E-state index in [0.29, 0.717) is 0 Å². The van der Waals surface area contributed by atoms with Crippen LogP contribution in [0.1, 0.15) is 6.92 Å². The van der Waals surface area contributed by atoms with Gasteiger partial charge in [-0.25, -0.2) is 0 Å². The van der Waals surface area contributed by atoms with Crippen molar-refractivity contribution < 1.29 is 27.9 Å². The summed E-state index contributed by atoms with van der Waals surface area (Å²) in [6, 6.07) is 0. The predicted molar refractivity (Wildman–Crippen MR) is 48.4 cm³/mol. The number of carboxylic acids is 1. The summed E-state index contributed by atoms with van der Waals surface area (Å²) >= 11 is -0.472. The fourth-order valence-corrected chi connectivity index (χ4v) is 1.24. The van der Waals surface area contributed by atoms with Crippen LogP contribution in [0.15, 0.2) is 0 Å². The molecule has 0 saturated carbocycles. The van der Waals surface area contributed by atoms with Gasteiger partial charge in [0.25, 0.3) is 0 Å². The number of rotatable bonds is 5. The van der Waals surface area contributed by atoms with Gasteiger partial charge in [0, 0.05) is 6.54 Å². The van der Waals surface area contributed by atoms with Crippen LogP contribution in [-0.4, -0.2) is 46.2 Å². The number of hydrogen-bond acceptors (Lipinski definition) is 3. The smallest absolute Gasteiger partial charge is 0.442 e. The van der Waals surface area contributed by atoms with Gasteiger partial charge in [-0.05, 0) is 18.7 Å². The SMILES string of the molecule is CCN(CC(=O)O)C(=O)CSC(F)(F)F. The van der Waals surface area contributed by atoms with Crippen LogP contribution >= 0.6 is 11.8 Å². The van der Waals surface area contributed by atoms with Crippen molar-refractivity contribution >= 4 is 23.6 Å². The van der Waals surface area contributed by atoms with Crippen LogP contribution in [0, 0.1) is 0 Å². The maximum absolute atomic E-state index is 11.7. The van der Waals surface area contributed by atoms with Gasteiger partial charge in [0.15, 0.2) is 0 Å². The molecule has 0 radical (unpaired) electrons.